The molecule has 0 unspecified atom stereocenters. The Morgan fingerprint density at radius 2 is 1.94 bits per heavy atom. The van der Waals surface area contributed by atoms with Gasteiger partial charge in [0, 0.05) is 5.56 Å². The maximum absolute atomic E-state index is 10.5. The predicted octanol–water partition coefficient (Wildman–Crippen LogP) is 2.73. The van der Waals surface area contributed by atoms with Crippen LogP contribution in [0.25, 0.3) is 11.3 Å². The monoisotopic (exact) mass is 217 g/mol. The van der Waals surface area contributed by atoms with Crippen LogP contribution in [0, 0.1) is 0 Å². The fourth-order valence-electron chi connectivity index (χ4n) is 1.39. The number of nitrogens with one attached hydrogen (secondary N) is 1. The topological polar surface area (TPSA) is 51.5 Å². The summed E-state index contributed by atoms with van der Waals surface area (Å²) in [5, 5.41) is 0. The van der Waals surface area contributed by atoms with Crippen LogP contribution in [0.15, 0.2) is 40.8 Å². The second kappa shape index (κ2) is 4.63. The molecule has 0 aliphatic rings. The van der Waals surface area contributed by atoms with Crippen LogP contribution in [-0.4, -0.2) is 13.4 Å². The third kappa shape index (κ3) is 2.12. The van der Waals surface area contributed by atoms with Crippen molar-refractivity contribution in [3.05, 3.63) is 42.2 Å². The molecule has 1 aromatic heterocycles. The maximum atomic E-state index is 10.5. The van der Waals surface area contributed by atoms with Gasteiger partial charge in [0.1, 0.15) is 5.76 Å². The number of furan rings is 1. The largest absolute Gasteiger partial charge is 0.453 e. The van der Waals surface area contributed by atoms with E-state index in [0.717, 1.165) is 11.3 Å². The van der Waals surface area contributed by atoms with E-state index in [1.54, 1.807) is 19.2 Å². The van der Waals surface area contributed by atoms with Crippen molar-refractivity contribution >= 4 is 12.0 Å². The number of hydrogen-bond acceptors (Lipinski definition) is 4. The van der Waals surface area contributed by atoms with Gasteiger partial charge in [-0.3, -0.25) is 15.1 Å². The van der Waals surface area contributed by atoms with E-state index in [4.69, 9.17) is 9.25 Å². The van der Waals surface area contributed by atoms with Crippen LogP contribution < -0.4 is 5.48 Å². The summed E-state index contributed by atoms with van der Waals surface area (Å²) < 4.78 is 5.30. The molecule has 0 spiro atoms. The van der Waals surface area contributed by atoms with E-state index < -0.39 is 0 Å². The van der Waals surface area contributed by atoms with E-state index in [-0.39, 0.29) is 0 Å². The second-order valence-corrected chi connectivity index (χ2v) is 3.20. The van der Waals surface area contributed by atoms with E-state index in [1.807, 2.05) is 24.3 Å². The standard InChI is InChI=1S/C12H11NO3/c1-15-13-10-4-2-9(3-5-10)12-7-6-11(8-14)16-12/h2-8,13H,1H3. The average molecular weight is 217 g/mol. The van der Waals surface area contributed by atoms with Gasteiger partial charge in [0.15, 0.2) is 12.0 Å². The molecule has 0 bridgehead atoms. The Hall–Kier alpha value is -2.07. The van der Waals surface area contributed by atoms with Crippen molar-refractivity contribution < 1.29 is 14.0 Å². The zero-order valence-corrected chi connectivity index (χ0v) is 8.77. The molecule has 0 aliphatic carbocycles. The Kier molecular flexibility index (Phi) is 3.03. The van der Waals surface area contributed by atoms with Gasteiger partial charge in [0.25, 0.3) is 0 Å². The summed E-state index contributed by atoms with van der Waals surface area (Å²) in [7, 11) is 1.55. The van der Waals surface area contributed by atoms with Gasteiger partial charge >= 0.3 is 0 Å². The molecule has 1 N–H and O–H groups in total. The molecule has 0 atom stereocenters. The Morgan fingerprint density at radius 3 is 2.50 bits per heavy atom. The molecule has 0 saturated heterocycles. The highest BCUT2D eigenvalue weighted by Gasteiger charge is 2.03. The lowest BCUT2D eigenvalue weighted by atomic mass is 10.1. The molecule has 0 saturated carbocycles. The summed E-state index contributed by atoms with van der Waals surface area (Å²) in [5.41, 5.74) is 4.48. The molecule has 2 rings (SSSR count). The normalized spacial score (nSPS) is 10.1. The SMILES string of the molecule is CONc1ccc(-c2ccc(C=O)o2)cc1. The molecule has 0 aliphatic heterocycles. The van der Waals surface area contributed by atoms with Crippen LogP contribution in [0.1, 0.15) is 10.6 Å². The van der Waals surface area contributed by atoms with Crippen molar-refractivity contribution in [1.29, 1.82) is 0 Å². The van der Waals surface area contributed by atoms with Crippen molar-refractivity contribution in [2.24, 2.45) is 0 Å². The summed E-state index contributed by atoms with van der Waals surface area (Å²) in [4.78, 5) is 15.2. The summed E-state index contributed by atoms with van der Waals surface area (Å²) >= 11 is 0. The van der Waals surface area contributed by atoms with Gasteiger partial charge < -0.3 is 4.42 Å². The summed E-state index contributed by atoms with van der Waals surface area (Å²) in [5.74, 6) is 1.00. The Bertz CT molecular complexity index is 473. The van der Waals surface area contributed by atoms with Crippen LogP contribution in [0.3, 0.4) is 0 Å². The van der Waals surface area contributed by atoms with E-state index in [1.165, 1.54) is 0 Å². The number of benzene rings is 1. The van der Waals surface area contributed by atoms with Gasteiger partial charge in [0.2, 0.25) is 0 Å². The van der Waals surface area contributed by atoms with Crippen LogP contribution >= 0.6 is 0 Å². The lowest BCUT2D eigenvalue weighted by Gasteiger charge is -2.03. The van der Waals surface area contributed by atoms with Crippen LogP contribution in [0.5, 0.6) is 0 Å². The molecule has 2 aromatic rings. The van der Waals surface area contributed by atoms with Gasteiger partial charge in [-0.25, -0.2) is 0 Å². The summed E-state index contributed by atoms with van der Waals surface area (Å²) in [6.07, 6.45) is 0.685. The smallest absolute Gasteiger partial charge is 0.185 e. The molecule has 82 valence electrons. The van der Waals surface area contributed by atoms with Gasteiger partial charge in [-0.2, -0.15) is 0 Å². The van der Waals surface area contributed by atoms with Gasteiger partial charge in [-0.15, -0.1) is 0 Å². The lowest BCUT2D eigenvalue weighted by molar-refractivity contribution is 0.110. The van der Waals surface area contributed by atoms with Crippen molar-refractivity contribution in [3.8, 4) is 11.3 Å². The zero-order chi connectivity index (χ0) is 11.4. The van der Waals surface area contributed by atoms with Crippen LogP contribution in [-0.2, 0) is 4.84 Å². The number of anilines is 1. The second-order valence-electron chi connectivity index (χ2n) is 3.20. The molecule has 1 heterocycles. The summed E-state index contributed by atoms with van der Waals surface area (Å²) in [6.45, 7) is 0. The quantitative estimate of drug-likeness (QED) is 0.632. The molecule has 0 fully saturated rings. The maximum Gasteiger partial charge on any atom is 0.185 e. The van der Waals surface area contributed by atoms with Crippen LogP contribution in [0.4, 0.5) is 5.69 Å². The van der Waals surface area contributed by atoms with Gasteiger partial charge in [0.05, 0.1) is 12.8 Å². The zero-order valence-electron chi connectivity index (χ0n) is 8.77. The minimum absolute atomic E-state index is 0.328. The third-order valence-electron chi connectivity index (χ3n) is 2.13. The highest BCUT2D eigenvalue weighted by molar-refractivity contribution is 5.73. The molecule has 0 amide bonds. The first-order valence-electron chi connectivity index (χ1n) is 4.78. The molecule has 4 nitrogen and oxygen atoms in total. The van der Waals surface area contributed by atoms with Crippen molar-refractivity contribution in [2.75, 3.05) is 12.6 Å². The lowest BCUT2D eigenvalue weighted by Crippen LogP contribution is -1.94. The predicted molar refractivity (Wildman–Crippen MR) is 60.2 cm³/mol. The molecular weight excluding hydrogens is 206 g/mol. The summed E-state index contributed by atoms with van der Waals surface area (Å²) in [6, 6.07) is 10.9. The average Bonchev–Trinajstić information content (AvgIpc) is 2.79. The van der Waals surface area contributed by atoms with E-state index in [0.29, 0.717) is 17.8 Å². The Balaban J connectivity index is 2.23. The van der Waals surface area contributed by atoms with Gasteiger partial charge in [-0.05, 0) is 36.4 Å². The number of carbonyl (C=O) groups excluding carboxylic acids is 1. The first kappa shape index (κ1) is 10.4. The van der Waals surface area contributed by atoms with Gasteiger partial charge in [-0.1, -0.05) is 0 Å². The Labute approximate surface area is 92.8 Å². The molecule has 0 radical (unpaired) electrons. The van der Waals surface area contributed by atoms with Crippen molar-refractivity contribution in [2.45, 2.75) is 0 Å². The first-order valence-corrected chi connectivity index (χ1v) is 4.78. The highest BCUT2D eigenvalue weighted by atomic mass is 16.6. The fourth-order valence-corrected chi connectivity index (χ4v) is 1.39. The minimum atomic E-state index is 0.328. The number of hydrogen-bond donors (Lipinski definition) is 1. The molecular formula is C12H11NO3. The number of aldehydes is 1. The fraction of sp³-hybridized carbons (Fsp3) is 0.0833. The third-order valence-corrected chi connectivity index (χ3v) is 2.13. The van der Waals surface area contributed by atoms with Crippen molar-refractivity contribution in [3.63, 3.8) is 0 Å². The first-order chi connectivity index (χ1) is 7.83. The number of carbonyl (C=O) groups is 1. The van der Waals surface area contributed by atoms with E-state index in [9.17, 15) is 4.79 Å². The van der Waals surface area contributed by atoms with Crippen molar-refractivity contribution in [1.82, 2.24) is 0 Å². The Morgan fingerprint density at radius 1 is 1.19 bits per heavy atom. The molecule has 4 heteroatoms. The number of rotatable bonds is 4. The molecule has 16 heavy (non-hydrogen) atoms. The minimum Gasteiger partial charge on any atom is -0.453 e. The van der Waals surface area contributed by atoms with Crippen LogP contribution in [0.2, 0.25) is 0 Å². The van der Waals surface area contributed by atoms with E-state index in [2.05, 4.69) is 5.48 Å². The molecule has 1 aromatic carbocycles. The van der Waals surface area contributed by atoms with E-state index >= 15 is 0 Å². The highest BCUT2D eigenvalue weighted by Crippen LogP contribution is 2.23.